The van der Waals surface area contributed by atoms with Crippen molar-refractivity contribution in [3.8, 4) is 5.75 Å². The van der Waals surface area contributed by atoms with Crippen molar-refractivity contribution in [1.82, 2.24) is 9.97 Å². The Bertz CT molecular complexity index is 571. The number of ether oxygens (including phenoxy) is 1. The molecule has 0 aliphatic heterocycles. The van der Waals surface area contributed by atoms with E-state index in [1.807, 2.05) is 6.07 Å². The van der Waals surface area contributed by atoms with Crippen molar-refractivity contribution >= 4 is 18.0 Å². The minimum atomic E-state index is -0.148. The molecule has 0 aliphatic carbocycles. The van der Waals surface area contributed by atoms with Crippen LogP contribution in [0.25, 0.3) is 0 Å². The quantitative estimate of drug-likeness (QED) is 0.633. The SMILES string of the molecule is COc1ccccc1C(=O)c1c[nH]c(=S)[nH]1. The van der Waals surface area contributed by atoms with Gasteiger partial charge < -0.3 is 14.7 Å². The Hall–Kier alpha value is -1.88. The van der Waals surface area contributed by atoms with Gasteiger partial charge in [-0.25, -0.2) is 0 Å². The molecule has 2 rings (SSSR count). The zero-order chi connectivity index (χ0) is 11.5. The van der Waals surface area contributed by atoms with Gasteiger partial charge in [-0.1, -0.05) is 12.1 Å². The maximum absolute atomic E-state index is 12.1. The predicted octanol–water partition coefficient (Wildman–Crippen LogP) is 2.31. The molecule has 0 fully saturated rings. The summed E-state index contributed by atoms with van der Waals surface area (Å²) >= 11 is 4.87. The van der Waals surface area contributed by atoms with Gasteiger partial charge in [0.15, 0.2) is 4.77 Å². The molecule has 0 bridgehead atoms. The Morgan fingerprint density at radius 1 is 1.38 bits per heavy atom. The second-order valence-corrected chi connectivity index (χ2v) is 3.59. The Labute approximate surface area is 97.3 Å². The number of benzene rings is 1. The number of methoxy groups -OCH3 is 1. The highest BCUT2D eigenvalue weighted by Gasteiger charge is 2.14. The van der Waals surface area contributed by atoms with Crippen molar-refractivity contribution in [2.75, 3.05) is 7.11 Å². The topological polar surface area (TPSA) is 57.9 Å². The fourth-order valence-electron chi connectivity index (χ4n) is 1.43. The predicted molar refractivity (Wildman–Crippen MR) is 62.4 cm³/mol. The molecule has 16 heavy (non-hydrogen) atoms. The first-order chi connectivity index (χ1) is 7.72. The Kier molecular flexibility index (Phi) is 2.87. The standard InChI is InChI=1S/C11H10N2O2S/c1-15-9-5-3-2-4-7(9)10(14)8-6-12-11(16)13-8/h2-6H,1H3,(H2,12,13,16). The van der Waals surface area contributed by atoms with Crippen molar-refractivity contribution in [1.29, 1.82) is 0 Å². The van der Waals surface area contributed by atoms with Gasteiger partial charge in [0.05, 0.1) is 12.7 Å². The third kappa shape index (κ3) is 1.90. The van der Waals surface area contributed by atoms with Crippen LogP contribution in [0, 0.1) is 4.77 Å². The molecule has 2 aromatic rings. The molecular formula is C11H10N2O2S. The highest BCUT2D eigenvalue weighted by atomic mass is 32.1. The van der Waals surface area contributed by atoms with Gasteiger partial charge in [-0.2, -0.15) is 0 Å². The molecule has 2 N–H and O–H groups in total. The monoisotopic (exact) mass is 234 g/mol. The van der Waals surface area contributed by atoms with E-state index < -0.39 is 0 Å². The third-order valence-corrected chi connectivity index (χ3v) is 2.41. The Balaban J connectivity index is 2.45. The number of carbonyl (C=O) groups is 1. The minimum absolute atomic E-state index is 0.148. The fraction of sp³-hybridized carbons (Fsp3) is 0.0909. The van der Waals surface area contributed by atoms with Gasteiger partial charge in [-0.3, -0.25) is 4.79 Å². The molecule has 0 radical (unpaired) electrons. The summed E-state index contributed by atoms with van der Waals surface area (Å²) in [6.45, 7) is 0. The molecule has 0 spiro atoms. The summed E-state index contributed by atoms with van der Waals surface area (Å²) in [7, 11) is 1.53. The van der Waals surface area contributed by atoms with Crippen molar-refractivity contribution in [2.45, 2.75) is 0 Å². The van der Waals surface area contributed by atoms with Crippen LogP contribution in [-0.4, -0.2) is 22.9 Å². The largest absolute Gasteiger partial charge is 0.496 e. The van der Waals surface area contributed by atoms with Crippen molar-refractivity contribution in [3.05, 3.63) is 46.5 Å². The number of aromatic nitrogens is 2. The first kappa shape index (κ1) is 10.6. The highest BCUT2D eigenvalue weighted by Crippen LogP contribution is 2.19. The van der Waals surface area contributed by atoms with E-state index in [1.54, 1.807) is 24.4 Å². The van der Waals surface area contributed by atoms with Gasteiger partial charge >= 0.3 is 0 Å². The lowest BCUT2D eigenvalue weighted by Gasteiger charge is -2.05. The molecule has 4 nitrogen and oxygen atoms in total. The molecule has 0 atom stereocenters. The number of imidazole rings is 1. The van der Waals surface area contributed by atoms with Gasteiger partial charge in [0.1, 0.15) is 11.4 Å². The lowest BCUT2D eigenvalue weighted by atomic mass is 10.1. The maximum Gasteiger partial charge on any atom is 0.214 e. The number of H-pyrrole nitrogens is 2. The number of hydrogen-bond acceptors (Lipinski definition) is 3. The van der Waals surface area contributed by atoms with Crippen molar-refractivity contribution in [3.63, 3.8) is 0 Å². The summed E-state index contributed by atoms with van der Waals surface area (Å²) < 4.78 is 5.55. The molecule has 1 aromatic heterocycles. The van der Waals surface area contributed by atoms with Gasteiger partial charge in [0.2, 0.25) is 5.78 Å². The highest BCUT2D eigenvalue weighted by molar-refractivity contribution is 7.71. The van der Waals surface area contributed by atoms with Gasteiger partial charge in [0, 0.05) is 6.20 Å². The Morgan fingerprint density at radius 2 is 2.12 bits per heavy atom. The summed E-state index contributed by atoms with van der Waals surface area (Å²) in [4.78, 5) is 17.6. The molecule has 0 saturated carbocycles. The molecule has 0 unspecified atom stereocenters. The first-order valence-electron chi connectivity index (χ1n) is 4.68. The summed E-state index contributed by atoms with van der Waals surface area (Å²) in [5.41, 5.74) is 0.935. The van der Waals surface area contributed by atoms with E-state index in [9.17, 15) is 4.79 Å². The smallest absolute Gasteiger partial charge is 0.214 e. The molecule has 5 heteroatoms. The van der Waals surface area contributed by atoms with Crippen LogP contribution in [0.2, 0.25) is 0 Å². The van der Waals surface area contributed by atoms with Gasteiger partial charge in [0.25, 0.3) is 0 Å². The number of ketones is 1. The van der Waals surface area contributed by atoms with Crippen molar-refractivity contribution < 1.29 is 9.53 Å². The number of aromatic amines is 2. The van der Waals surface area contributed by atoms with Crippen LogP contribution < -0.4 is 4.74 Å². The lowest BCUT2D eigenvalue weighted by Crippen LogP contribution is -2.04. The van der Waals surface area contributed by atoms with Crippen LogP contribution >= 0.6 is 12.2 Å². The zero-order valence-corrected chi connectivity index (χ0v) is 9.43. The normalized spacial score (nSPS) is 10.1. The summed E-state index contributed by atoms with van der Waals surface area (Å²) in [5, 5.41) is 0. The molecule has 1 aromatic carbocycles. The second kappa shape index (κ2) is 4.32. The lowest BCUT2D eigenvalue weighted by molar-refractivity contribution is 0.103. The van der Waals surface area contributed by atoms with E-state index in [0.717, 1.165) is 0 Å². The first-order valence-corrected chi connectivity index (χ1v) is 5.08. The number of nitrogens with one attached hydrogen (secondary N) is 2. The maximum atomic E-state index is 12.1. The summed E-state index contributed by atoms with van der Waals surface area (Å²) in [6.07, 6.45) is 1.55. The average molecular weight is 234 g/mol. The van der Waals surface area contributed by atoms with Crippen molar-refractivity contribution in [2.24, 2.45) is 0 Å². The van der Waals surface area contributed by atoms with Crippen LogP contribution in [-0.2, 0) is 0 Å². The molecule has 0 amide bonds. The van der Waals surface area contributed by atoms with E-state index in [-0.39, 0.29) is 5.78 Å². The molecule has 82 valence electrons. The molecule has 1 heterocycles. The van der Waals surface area contributed by atoms with Crippen LogP contribution in [0.15, 0.2) is 30.5 Å². The van der Waals surface area contributed by atoms with Crippen LogP contribution in [0.1, 0.15) is 16.1 Å². The number of hydrogen-bond donors (Lipinski definition) is 2. The third-order valence-electron chi connectivity index (χ3n) is 2.19. The zero-order valence-electron chi connectivity index (χ0n) is 8.61. The van der Waals surface area contributed by atoms with Gasteiger partial charge in [-0.15, -0.1) is 0 Å². The molecule has 0 saturated heterocycles. The van der Waals surface area contributed by atoms with Crippen LogP contribution in [0.4, 0.5) is 0 Å². The number of rotatable bonds is 3. The van der Waals surface area contributed by atoms with E-state index in [0.29, 0.717) is 21.8 Å². The summed E-state index contributed by atoms with van der Waals surface area (Å²) in [5.74, 6) is 0.401. The van der Waals surface area contributed by atoms with Gasteiger partial charge in [-0.05, 0) is 24.4 Å². The molecule has 0 aliphatic rings. The van der Waals surface area contributed by atoms with E-state index in [1.165, 1.54) is 7.11 Å². The van der Waals surface area contributed by atoms with Crippen LogP contribution in [0.3, 0.4) is 0 Å². The van der Waals surface area contributed by atoms with E-state index in [4.69, 9.17) is 17.0 Å². The fourth-order valence-corrected chi connectivity index (χ4v) is 1.60. The number of carbonyl (C=O) groups excluding carboxylic acids is 1. The minimum Gasteiger partial charge on any atom is -0.496 e. The van der Waals surface area contributed by atoms with E-state index >= 15 is 0 Å². The summed E-state index contributed by atoms with van der Waals surface area (Å²) in [6, 6.07) is 7.06. The van der Waals surface area contributed by atoms with Crippen LogP contribution in [0.5, 0.6) is 5.75 Å². The second-order valence-electron chi connectivity index (χ2n) is 3.19. The average Bonchev–Trinajstić information content (AvgIpc) is 2.75. The Morgan fingerprint density at radius 3 is 2.75 bits per heavy atom. The molecular weight excluding hydrogens is 224 g/mol. The number of para-hydroxylation sites is 1. The van der Waals surface area contributed by atoms with E-state index in [2.05, 4.69) is 9.97 Å².